The third-order valence-corrected chi connectivity index (χ3v) is 6.64. The van der Waals surface area contributed by atoms with E-state index >= 15 is 0 Å². The lowest BCUT2D eigenvalue weighted by Gasteiger charge is -2.12. The Bertz CT molecular complexity index is 1130. The molecule has 9 heteroatoms. The number of hydrogen-bond acceptors (Lipinski definition) is 5. The van der Waals surface area contributed by atoms with Crippen LogP contribution in [0.15, 0.2) is 27.6 Å². The highest BCUT2D eigenvalue weighted by Gasteiger charge is 2.33. The van der Waals surface area contributed by atoms with Crippen LogP contribution >= 0.6 is 11.6 Å². The van der Waals surface area contributed by atoms with Gasteiger partial charge in [-0.3, -0.25) is 4.72 Å². The number of nitrogens with zero attached hydrogens (tertiary/aromatic N) is 2. The Morgan fingerprint density at radius 1 is 1.22 bits per heavy atom. The minimum absolute atomic E-state index is 0.102. The largest absolute Gasteiger partial charge is 0.361 e. The van der Waals surface area contributed by atoms with Crippen LogP contribution in [0.3, 0.4) is 0 Å². The van der Waals surface area contributed by atoms with Crippen LogP contribution in [0.2, 0.25) is 5.02 Å². The number of halogens is 1. The van der Waals surface area contributed by atoms with Gasteiger partial charge in [0.25, 0.3) is 15.9 Å². The first-order chi connectivity index (χ1) is 12.8. The quantitative estimate of drug-likeness (QED) is 0.657. The van der Waals surface area contributed by atoms with Crippen LogP contribution in [-0.2, 0) is 10.0 Å². The molecule has 0 radical (unpaired) electrons. The molecule has 142 valence electrons. The van der Waals surface area contributed by atoms with Crippen LogP contribution in [0.25, 0.3) is 11.5 Å². The van der Waals surface area contributed by atoms with E-state index in [2.05, 4.69) is 19.8 Å². The van der Waals surface area contributed by atoms with Crippen molar-refractivity contribution >= 4 is 27.3 Å². The summed E-state index contributed by atoms with van der Waals surface area (Å²) in [5.74, 6) is 1.15. The fourth-order valence-electron chi connectivity index (χ4n) is 3.11. The molecular formula is C18H19ClN4O3S. The Kier molecular flexibility index (Phi) is 4.27. The lowest BCUT2D eigenvalue weighted by molar-refractivity contribution is 0.421. The number of rotatable bonds is 5. The molecule has 0 atom stereocenters. The fourth-order valence-corrected chi connectivity index (χ4v) is 4.86. The summed E-state index contributed by atoms with van der Waals surface area (Å²) in [4.78, 5) is 7.59. The topological polar surface area (TPSA) is 101 Å². The Labute approximate surface area is 162 Å². The Morgan fingerprint density at radius 3 is 2.67 bits per heavy atom. The lowest BCUT2D eigenvalue weighted by Crippen LogP contribution is -2.15. The van der Waals surface area contributed by atoms with Crippen LogP contribution in [-0.4, -0.2) is 23.5 Å². The Hall–Kier alpha value is -2.32. The maximum atomic E-state index is 13.2. The number of nitrogens with one attached hydrogen (secondary N) is 2. The summed E-state index contributed by atoms with van der Waals surface area (Å²) in [5.41, 5.74) is 2.64. The Balaban J connectivity index is 1.79. The highest BCUT2D eigenvalue weighted by Crippen LogP contribution is 2.40. The summed E-state index contributed by atoms with van der Waals surface area (Å²) in [6.45, 7) is 5.25. The molecule has 2 heterocycles. The molecule has 0 saturated heterocycles. The average molecular weight is 407 g/mol. The van der Waals surface area contributed by atoms with Gasteiger partial charge in [0.2, 0.25) is 0 Å². The van der Waals surface area contributed by atoms with Crippen LogP contribution in [0.1, 0.15) is 41.5 Å². The zero-order chi connectivity index (χ0) is 19.3. The minimum atomic E-state index is -3.90. The van der Waals surface area contributed by atoms with E-state index in [0.717, 1.165) is 12.8 Å². The van der Waals surface area contributed by atoms with E-state index < -0.39 is 10.0 Å². The van der Waals surface area contributed by atoms with Gasteiger partial charge < -0.3 is 9.51 Å². The number of benzene rings is 1. The zero-order valence-electron chi connectivity index (χ0n) is 15.1. The minimum Gasteiger partial charge on any atom is -0.361 e. The second-order valence-electron chi connectivity index (χ2n) is 6.83. The maximum absolute atomic E-state index is 13.2. The van der Waals surface area contributed by atoms with E-state index in [-0.39, 0.29) is 10.8 Å². The standard InChI is InChI=1S/C18H19ClN4O3S/c1-9-13(19)5-4-6-14(9)23-27(24,25)16-11(3)20-10(2)15(16)18-21-17(22-26-18)12-7-8-12/h4-6,12,20,23H,7-8H2,1-3H3. The molecule has 3 aromatic rings. The number of aromatic amines is 1. The van der Waals surface area contributed by atoms with Gasteiger partial charge in [-0.05, 0) is 51.3 Å². The van der Waals surface area contributed by atoms with Crippen molar-refractivity contribution in [2.24, 2.45) is 0 Å². The number of anilines is 1. The molecule has 2 aromatic heterocycles. The van der Waals surface area contributed by atoms with E-state index in [0.29, 0.717) is 45.0 Å². The summed E-state index contributed by atoms with van der Waals surface area (Å²) in [5, 5.41) is 4.49. The van der Waals surface area contributed by atoms with Crippen molar-refractivity contribution in [1.82, 2.24) is 15.1 Å². The summed E-state index contributed by atoms with van der Waals surface area (Å²) in [6.07, 6.45) is 2.07. The maximum Gasteiger partial charge on any atom is 0.264 e. The molecule has 0 amide bonds. The van der Waals surface area contributed by atoms with Crippen molar-refractivity contribution in [3.8, 4) is 11.5 Å². The van der Waals surface area contributed by atoms with Gasteiger partial charge in [0.15, 0.2) is 5.82 Å². The monoisotopic (exact) mass is 406 g/mol. The third kappa shape index (κ3) is 3.23. The highest BCUT2D eigenvalue weighted by atomic mass is 35.5. The number of hydrogen-bond donors (Lipinski definition) is 2. The average Bonchev–Trinajstić information content (AvgIpc) is 3.25. The van der Waals surface area contributed by atoms with Crippen LogP contribution in [0, 0.1) is 20.8 Å². The number of aryl methyl sites for hydroxylation is 2. The summed E-state index contributed by atoms with van der Waals surface area (Å²) in [6, 6.07) is 5.08. The number of H-pyrrole nitrogens is 1. The first-order valence-corrected chi connectivity index (χ1v) is 10.4. The molecule has 0 aliphatic heterocycles. The zero-order valence-corrected chi connectivity index (χ0v) is 16.7. The van der Waals surface area contributed by atoms with E-state index in [4.69, 9.17) is 16.1 Å². The third-order valence-electron chi connectivity index (χ3n) is 4.70. The van der Waals surface area contributed by atoms with E-state index in [9.17, 15) is 8.42 Å². The Morgan fingerprint density at radius 2 is 1.96 bits per heavy atom. The van der Waals surface area contributed by atoms with Crippen LogP contribution in [0.5, 0.6) is 0 Å². The number of sulfonamides is 1. The van der Waals surface area contributed by atoms with Gasteiger partial charge in [-0.25, -0.2) is 8.42 Å². The second kappa shape index (κ2) is 6.38. The van der Waals surface area contributed by atoms with Crippen LogP contribution in [0.4, 0.5) is 5.69 Å². The summed E-state index contributed by atoms with van der Waals surface area (Å²) >= 11 is 6.12. The molecule has 0 unspecified atom stereocenters. The molecule has 1 aliphatic carbocycles. The van der Waals surface area contributed by atoms with Gasteiger partial charge in [-0.2, -0.15) is 4.98 Å². The predicted molar refractivity (Wildman–Crippen MR) is 103 cm³/mol. The van der Waals surface area contributed by atoms with Crippen molar-refractivity contribution in [2.75, 3.05) is 4.72 Å². The SMILES string of the molecule is Cc1[nH]c(C)c(S(=O)(=O)Nc2cccc(Cl)c2C)c1-c1nc(C2CC2)no1. The molecule has 0 spiro atoms. The first-order valence-electron chi connectivity index (χ1n) is 8.59. The first kappa shape index (κ1) is 18.1. The highest BCUT2D eigenvalue weighted by molar-refractivity contribution is 7.93. The fraction of sp³-hybridized carbons (Fsp3) is 0.333. The van der Waals surface area contributed by atoms with E-state index in [1.165, 1.54) is 0 Å². The summed E-state index contributed by atoms with van der Waals surface area (Å²) in [7, 11) is -3.90. The van der Waals surface area contributed by atoms with Crippen LogP contribution < -0.4 is 4.72 Å². The smallest absolute Gasteiger partial charge is 0.264 e. The van der Waals surface area contributed by atoms with Crippen molar-refractivity contribution in [3.63, 3.8) is 0 Å². The van der Waals surface area contributed by atoms with Gasteiger partial charge in [-0.15, -0.1) is 0 Å². The predicted octanol–water partition coefficient (Wildman–Crippen LogP) is 4.32. The number of aromatic nitrogens is 3. The molecule has 27 heavy (non-hydrogen) atoms. The van der Waals surface area contributed by atoms with E-state index in [1.54, 1.807) is 39.0 Å². The molecule has 2 N–H and O–H groups in total. The normalized spacial score (nSPS) is 14.5. The molecular weight excluding hydrogens is 388 g/mol. The van der Waals surface area contributed by atoms with Crippen molar-refractivity contribution < 1.29 is 12.9 Å². The molecule has 1 aliphatic rings. The van der Waals surface area contributed by atoms with Gasteiger partial charge in [-0.1, -0.05) is 22.8 Å². The van der Waals surface area contributed by atoms with Gasteiger partial charge in [0, 0.05) is 22.3 Å². The van der Waals surface area contributed by atoms with Crippen molar-refractivity contribution in [2.45, 2.75) is 44.4 Å². The van der Waals surface area contributed by atoms with Gasteiger partial charge in [0.1, 0.15) is 4.90 Å². The second-order valence-corrected chi connectivity index (χ2v) is 8.86. The molecule has 4 rings (SSSR count). The van der Waals surface area contributed by atoms with Crippen molar-refractivity contribution in [3.05, 3.63) is 46.0 Å². The molecule has 1 aromatic carbocycles. The molecule has 0 bridgehead atoms. The van der Waals surface area contributed by atoms with Gasteiger partial charge in [0.05, 0.1) is 11.3 Å². The molecule has 1 saturated carbocycles. The van der Waals surface area contributed by atoms with Gasteiger partial charge >= 0.3 is 0 Å². The lowest BCUT2D eigenvalue weighted by atomic mass is 10.2. The summed E-state index contributed by atoms with van der Waals surface area (Å²) < 4.78 is 34.4. The van der Waals surface area contributed by atoms with E-state index in [1.807, 2.05) is 0 Å². The molecule has 7 nitrogen and oxygen atoms in total. The molecule has 1 fully saturated rings. The van der Waals surface area contributed by atoms with Crippen molar-refractivity contribution in [1.29, 1.82) is 0 Å².